The zero-order valence-corrected chi connectivity index (χ0v) is 10.9. The van der Waals surface area contributed by atoms with Crippen molar-refractivity contribution < 1.29 is 24.5 Å². The number of hydrogen-bond acceptors (Lipinski definition) is 5. The standard InChI is InChI=1S/C11H21NO5/c1-7(9(13)17-15)6-8(2)12-10(14)16-11(3,4)5/h7-8,15H,6H2,1-5H3,(H,12,14). The van der Waals surface area contributed by atoms with Gasteiger partial charge in [-0.2, -0.15) is 5.26 Å². The van der Waals surface area contributed by atoms with Gasteiger partial charge in [-0.1, -0.05) is 6.92 Å². The van der Waals surface area contributed by atoms with Gasteiger partial charge in [-0.05, 0) is 34.1 Å². The van der Waals surface area contributed by atoms with E-state index < -0.39 is 23.6 Å². The van der Waals surface area contributed by atoms with Gasteiger partial charge in [0.2, 0.25) is 0 Å². The van der Waals surface area contributed by atoms with E-state index in [1.807, 2.05) is 0 Å². The minimum absolute atomic E-state index is 0.251. The van der Waals surface area contributed by atoms with Crippen molar-refractivity contribution >= 4 is 12.1 Å². The molecule has 0 radical (unpaired) electrons. The van der Waals surface area contributed by atoms with E-state index in [1.165, 1.54) is 0 Å². The van der Waals surface area contributed by atoms with Gasteiger partial charge in [-0.25, -0.2) is 9.59 Å². The van der Waals surface area contributed by atoms with Crippen molar-refractivity contribution in [3.63, 3.8) is 0 Å². The second kappa shape index (κ2) is 6.44. The highest BCUT2D eigenvalue weighted by atomic mass is 17.1. The molecule has 0 heterocycles. The molecule has 2 N–H and O–H groups in total. The van der Waals surface area contributed by atoms with Crippen molar-refractivity contribution in [1.29, 1.82) is 0 Å². The minimum atomic E-state index is -0.720. The summed E-state index contributed by atoms with van der Waals surface area (Å²) < 4.78 is 5.06. The molecule has 0 rings (SSSR count). The van der Waals surface area contributed by atoms with E-state index in [2.05, 4.69) is 10.2 Å². The minimum Gasteiger partial charge on any atom is -0.444 e. The Hall–Kier alpha value is -1.30. The molecule has 100 valence electrons. The van der Waals surface area contributed by atoms with Crippen LogP contribution in [0.25, 0.3) is 0 Å². The van der Waals surface area contributed by atoms with Crippen LogP contribution in [-0.2, 0) is 14.4 Å². The van der Waals surface area contributed by atoms with Gasteiger partial charge in [-0.3, -0.25) is 0 Å². The molecule has 2 atom stereocenters. The summed E-state index contributed by atoms with van der Waals surface area (Å²) in [5, 5.41) is 10.8. The Morgan fingerprint density at radius 1 is 1.29 bits per heavy atom. The van der Waals surface area contributed by atoms with Crippen LogP contribution in [0.1, 0.15) is 41.0 Å². The Labute approximate surface area is 101 Å². The first-order chi connectivity index (χ1) is 7.65. The molecule has 1 amide bonds. The third-order valence-electron chi connectivity index (χ3n) is 1.96. The van der Waals surface area contributed by atoms with E-state index >= 15 is 0 Å². The second-order valence-electron chi connectivity index (χ2n) is 5.09. The normalized spacial score (nSPS) is 14.7. The number of carbonyl (C=O) groups is 2. The first-order valence-electron chi connectivity index (χ1n) is 5.50. The fraction of sp³-hybridized carbons (Fsp3) is 0.818. The van der Waals surface area contributed by atoms with Crippen molar-refractivity contribution in [2.75, 3.05) is 0 Å². The van der Waals surface area contributed by atoms with Crippen LogP contribution in [0.5, 0.6) is 0 Å². The topological polar surface area (TPSA) is 84.9 Å². The van der Waals surface area contributed by atoms with E-state index in [1.54, 1.807) is 34.6 Å². The summed E-state index contributed by atoms with van der Waals surface area (Å²) in [5.41, 5.74) is -0.556. The van der Waals surface area contributed by atoms with E-state index in [-0.39, 0.29) is 6.04 Å². The van der Waals surface area contributed by atoms with Gasteiger partial charge in [0.15, 0.2) is 0 Å². The number of carbonyl (C=O) groups excluding carboxylic acids is 2. The Morgan fingerprint density at radius 3 is 2.24 bits per heavy atom. The van der Waals surface area contributed by atoms with Crippen molar-refractivity contribution in [1.82, 2.24) is 5.32 Å². The quantitative estimate of drug-likeness (QED) is 0.585. The predicted molar refractivity (Wildman–Crippen MR) is 61.3 cm³/mol. The van der Waals surface area contributed by atoms with Crippen LogP contribution in [-0.4, -0.2) is 29.0 Å². The summed E-state index contributed by atoms with van der Waals surface area (Å²) in [5.74, 6) is -1.22. The zero-order chi connectivity index (χ0) is 13.6. The number of amides is 1. The molecular formula is C11H21NO5. The smallest absolute Gasteiger partial charge is 0.407 e. The van der Waals surface area contributed by atoms with Crippen LogP contribution in [0, 0.1) is 5.92 Å². The van der Waals surface area contributed by atoms with Gasteiger partial charge in [0.1, 0.15) is 5.60 Å². The van der Waals surface area contributed by atoms with Crippen molar-refractivity contribution in [2.45, 2.75) is 52.7 Å². The van der Waals surface area contributed by atoms with Crippen LogP contribution in [0.4, 0.5) is 4.79 Å². The number of hydrogen-bond donors (Lipinski definition) is 2. The summed E-state index contributed by atoms with van der Waals surface area (Å²) >= 11 is 0. The Kier molecular flexibility index (Phi) is 5.95. The summed E-state index contributed by atoms with van der Waals surface area (Å²) in [6.07, 6.45) is -0.173. The molecule has 0 aliphatic rings. The first kappa shape index (κ1) is 15.7. The van der Waals surface area contributed by atoms with Gasteiger partial charge in [0.25, 0.3) is 0 Å². The van der Waals surface area contributed by atoms with E-state index in [0.717, 1.165) is 0 Å². The maximum Gasteiger partial charge on any atom is 0.407 e. The molecule has 0 aliphatic heterocycles. The summed E-state index contributed by atoms with van der Waals surface area (Å²) in [7, 11) is 0. The van der Waals surface area contributed by atoms with Gasteiger partial charge >= 0.3 is 12.1 Å². The van der Waals surface area contributed by atoms with E-state index in [9.17, 15) is 9.59 Å². The number of nitrogens with one attached hydrogen (secondary N) is 1. The monoisotopic (exact) mass is 247 g/mol. The maximum absolute atomic E-state index is 11.4. The lowest BCUT2D eigenvalue weighted by Gasteiger charge is -2.22. The second-order valence-corrected chi connectivity index (χ2v) is 5.09. The van der Waals surface area contributed by atoms with Crippen molar-refractivity contribution in [3.05, 3.63) is 0 Å². The molecule has 2 unspecified atom stereocenters. The average Bonchev–Trinajstić information content (AvgIpc) is 2.12. The molecule has 0 aromatic carbocycles. The molecule has 6 nitrogen and oxygen atoms in total. The van der Waals surface area contributed by atoms with E-state index in [4.69, 9.17) is 9.99 Å². The van der Waals surface area contributed by atoms with Crippen molar-refractivity contribution in [3.8, 4) is 0 Å². The molecule has 0 aromatic rings. The molecule has 0 bridgehead atoms. The summed E-state index contributed by atoms with van der Waals surface area (Å²) in [4.78, 5) is 26.0. The molecule has 0 aliphatic carbocycles. The molecule has 6 heteroatoms. The lowest BCUT2D eigenvalue weighted by molar-refractivity contribution is -0.238. The fourth-order valence-corrected chi connectivity index (χ4v) is 1.28. The van der Waals surface area contributed by atoms with Gasteiger partial charge < -0.3 is 14.9 Å². The highest BCUT2D eigenvalue weighted by molar-refractivity contribution is 5.71. The number of alkyl carbamates (subject to hydrolysis) is 1. The largest absolute Gasteiger partial charge is 0.444 e. The SMILES string of the molecule is CC(CC(C)C(=O)OO)NC(=O)OC(C)(C)C. The Bertz CT molecular complexity index is 272. The molecule has 0 saturated carbocycles. The molecule has 17 heavy (non-hydrogen) atoms. The van der Waals surface area contributed by atoms with Gasteiger partial charge in [0.05, 0.1) is 5.92 Å². The van der Waals surface area contributed by atoms with Crippen LogP contribution in [0.15, 0.2) is 0 Å². The average molecular weight is 247 g/mol. The van der Waals surface area contributed by atoms with Gasteiger partial charge in [-0.15, -0.1) is 0 Å². The Morgan fingerprint density at radius 2 is 1.82 bits per heavy atom. The van der Waals surface area contributed by atoms with Gasteiger partial charge in [0, 0.05) is 6.04 Å². The van der Waals surface area contributed by atoms with Crippen LogP contribution in [0.3, 0.4) is 0 Å². The maximum atomic E-state index is 11.4. The van der Waals surface area contributed by atoms with Crippen LogP contribution in [0.2, 0.25) is 0 Å². The number of rotatable bonds is 4. The molecular weight excluding hydrogens is 226 g/mol. The van der Waals surface area contributed by atoms with Crippen molar-refractivity contribution in [2.24, 2.45) is 5.92 Å². The summed E-state index contributed by atoms with van der Waals surface area (Å²) in [6.45, 7) is 8.64. The molecule has 0 saturated heterocycles. The first-order valence-corrected chi connectivity index (χ1v) is 5.50. The number of ether oxygens (including phenoxy) is 1. The predicted octanol–water partition coefficient (Wildman–Crippen LogP) is 1.94. The third-order valence-corrected chi connectivity index (χ3v) is 1.96. The lowest BCUT2D eigenvalue weighted by Crippen LogP contribution is -2.39. The van der Waals surface area contributed by atoms with E-state index in [0.29, 0.717) is 6.42 Å². The fourth-order valence-electron chi connectivity index (χ4n) is 1.28. The highest BCUT2D eigenvalue weighted by Gasteiger charge is 2.21. The molecule has 0 spiro atoms. The van der Waals surface area contributed by atoms with Crippen LogP contribution >= 0.6 is 0 Å². The summed E-state index contributed by atoms with van der Waals surface area (Å²) in [6, 6.07) is -0.251. The highest BCUT2D eigenvalue weighted by Crippen LogP contribution is 2.10. The molecule has 0 fully saturated rings. The Balaban J connectivity index is 4.06. The van der Waals surface area contributed by atoms with Crippen LogP contribution < -0.4 is 5.32 Å². The lowest BCUT2D eigenvalue weighted by atomic mass is 10.0. The molecule has 0 aromatic heterocycles. The third kappa shape index (κ3) is 7.57. The zero-order valence-electron chi connectivity index (χ0n) is 10.9.